The van der Waals surface area contributed by atoms with Crippen molar-refractivity contribution in [1.29, 1.82) is 0 Å². The first-order chi connectivity index (χ1) is 12.9. The SMILES string of the molecule is CC1(C)SC(=S)N(/N=C\c2ccccc2)[C@H]1N(O)C(=O)Nc1ccccc1. The van der Waals surface area contributed by atoms with Crippen LogP contribution in [0.25, 0.3) is 0 Å². The number of hydrogen-bond acceptors (Lipinski definition) is 5. The van der Waals surface area contributed by atoms with Gasteiger partial charge in [-0.25, -0.2) is 9.80 Å². The van der Waals surface area contributed by atoms with Gasteiger partial charge >= 0.3 is 6.03 Å². The third kappa shape index (κ3) is 4.47. The Hall–Kier alpha value is -2.42. The van der Waals surface area contributed by atoms with Crippen LogP contribution < -0.4 is 5.32 Å². The summed E-state index contributed by atoms with van der Waals surface area (Å²) in [4.78, 5) is 12.5. The molecule has 1 saturated heterocycles. The van der Waals surface area contributed by atoms with E-state index in [9.17, 15) is 10.0 Å². The molecule has 6 nitrogen and oxygen atoms in total. The van der Waals surface area contributed by atoms with Gasteiger partial charge in [-0.05, 0) is 31.5 Å². The van der Waals surface area contributed by atoms with Crippen LogP contribution in [-0.2, 0) is 0 Å². The second kappa shape index (κ2) is 8.08. The highest BCUT2D eigenvalue weighted by atomic mass is 32.2. The molecule has 27 heavy (non-hydrogen) atoms. The summed E-state index contributed by atoms with van der Waals surface area (Å²) in [7, 11) is 0. The smallest absolute Gasteiger partial charge is 0.306 e. The number of amides is 2. The first-order valence-electron chi connectivity index (χ1n) is 8.34. The Morgan fingerprint density at radius 3 is 2.44 bits per heavy atom. The number of nitrogens with one attached hydrogen (secondary N) is 1. The number of thiocarbonyl (C=S) groups is 1. The number of thioether (sulfide) groups is 1. The number of hydrazone groups is 1. The molecule has 2 aromatic rings. The molecule has 0 bridgehead atoms. The first-order valence-corrected chi connectivity index (χ1v) is 9.56. The molecule has 140 valence electrons. The third-order valence-corrected chi connectivity index (χ3v) is 5.52. The number of carbonyl (C=O) groups excluding carboxylic acids is 1. The molecule has 1 fully saturated rings. The van der Waals surface area contributed by atoms with Crippen molar-refractivity contribution < 1.29 is 10.0 Å². The van der Waals surface area contributed by atoms with Gasteiger partial charge in [-0.15, -0.1) is 0 Å². The van der Waals surface area contributed by atoms with Crippen molar-refractivity contribution in [3.05, 3.63) is 66.2 Å². The molecule has 0 spiro atoms. The lowest BCUT2D eigenvalue weighted by Gasteiger charge is -2.34. The molecule has 1 aliphatic rings. The number of benzene rings is 2. The van der Waals surface area contributed by atoms with Gasteiger partial charge in [0.05, 0.1) is 11.0 Å². The molecule has 2 N–H and O–H groups in total. The van der Waals surface area contributed by atoms with E-state index >= 15 is 0 Å². The second-order valence-corrected chi connectivity index (χ2v) is 8.77. The normalized spacial score (nSPS) is 18.7. The molecule has 0 radical (unpaired) electrons. The van der Waals surface area contributed by atoms with Crippen LogP contribution >= 0.6 is 24.0 Å². The number of urea groups is 1. The molecule has 0 unspecified atom stereocenters. The quantitative estimate of drug-likeness (QED) is 0.345. The molecule has 2 amide bonds. The number of nitrogens with zero attached hydrogens (tertiary/aromatic N) is 3. The lowest BCUT2D eigenvalue weighted by atomic mass is 10.1. The Labute approximate surface area is 167 Å². The van der Waals surface area contributed by atoms with Crippen LogP contribution in [0.4, 0.5) is 10.5 Å². The van der Waals surface area contributed by atoms with E-state index in [-0.39, 0.29) is 0 Å². The predicted molar refractivity (Wildman–Crippen MR) is 113 cm³/mol. The molecule has 1 atom stereocenters. The van der Waals surface area contributed by atoms with Crippen molar-refractivity contribution >= 4 is 46.2 Å². The molecule has 1 aliphatic heterocycles. The number of rotatable bonds is 4. The number of carbonyl (C=O) groups is 1. The summed E-state index contributed by atoms with van der Waals surface area (Å²) >= 11 is 6.81. The van der Waals surface area contributed by atoms with Crippen LogP contribution in [0.5, 0.6) is 0 Å². The molecule has 0 aromatic heterocycles. The van der Waals surface area contributed by atoms with E-state index in [2.05, 4.69) is 10.4 Å². The van der Waals surface area contributed by atoms with Crippen molar-refractivity contribution in [2.24, 2.45) is 5.10 Å². The Morgan fingerprint density at radius 1 is 1.22 bits per heavy atom. The summed E-state index contributed by atoms with van der Waals surface area (Å²) in [5.41, 5.74) is 1.49. The molecule has 3 rings (SSSR count). The minimum absolute atomic E-state index is 0.490. The van der Waals surface area contributed by atoms with E-state index in [1.165, 1.54) is 16.8 Å². The summed E-state index contributed by atoms with van der Waals surface area (Å²) in [6.45, 7) is 3.82. The monoisotopic (exact) mass is 400 g/mol. The number of anilines is 1. The zero-order chi connectivity index (χ0) is 19.4. The topological polar surface area (TPSA) is 68.2 Å². The van der Waals surface area contributed by atoms with Gasteiger partial charge in [0.2, 0.25) is 0 Å². The van der Waals surface area contributed by atoms with Gasteiger partial charge in [0.15, 0.2) is 10.5 Å². The van der Waals surface area contributed by atoms with E-state index in [0.29, 0.717) is 15.1 Å². The first kappa shape index (κ1) is 19.3. The van der Waals surface area contributed by atoms with Crippen molar-refractivity contribution in [2.45, 2.75) is 24.8 Å². The van der Waals surface area contributed by atoms with Gasteiger partial charge in [-0.2, -0.15) is 10.2 Å². The lowest BCUT2D eigenvalue weighted by Crippen LogP contribution is -2.54. The maximum atomic E-state index is 12.5. The van der Waals surface area contributed by atoms with Crippen LogP contribution in [-0.4, -0.2) is 42.8 Å². The molecular weight excluding hydrogens is 380 g/mol. The zero-order valence-corrected chi connectivity index (χ0v) is 16.6. The highest BCUT2D eigenvalue weighted by Gasteiger charge is 2.50. The van der Waals surface area contributed by atoms with Gasteiger partial charge in [0.1, 0.15) is 0 Å². The Balaban J connectivity index is 1.81. The molecule has 0 aliphatic carbocycles. The van der Waals surface area contributed by atoms with Crippen molar-refractivity contribution in [2.75, 3.05) is 5.32 Å². The average Bonchev–Trinajstić information content (AvgIpc) is 2.88. The second-order valence-electron chi connectivity index (χ2n) is 6.49. The van der Waals surface area contributed by atoms with Crippen LogP contribution in [0.2, 0.25) is 0 Å². The standard InChI is InChI=1S/C19H20N4O2S2/c1-19(2)16(23(25)17(24)21-15-11-7-4-8-12-15)22(18(26)27-19)20-13-14-9-5-3-6-10-14/h3-13,16,25H,1-2H3,(H,21,24)/b20-13-/t16-/m0/s1. The predicted octanol–water partition coefficient (Wildman–Crippen LogP) is 4.38. The molecule has 8 heteroatoms. The van der Waals surface area contributed by atoms with Crippen LogP contribution in [0, 0.1) is 0 Å². The maximum absolute atomic E-state index is 12.5. The van der Waals surface area contributed by atoms with Crippen molar-refractivity contribution in [3.8, 4) is 0 Å². The average molecular weight is 401 g/mol. The Kier molecular flexibility index (Phi) is 5.79. The fraction of sp³-hybridized carbons (Fsp3) is 0.211. The van der Waals surface area contributed by atoms with E-state index in [1.54, 1.807) is 30.5 Å². The fourth-order valence-electron chi connectivity index (χ4n) is 2.71. The maximum Gasteiger partial charge on any atom is 0.347 e. The number of hydroxylamine groups is 2. The minimum atomic E-state index is -0.751. The van der Waals surface area contributed by atoms with E-state index in [1.807, 2.05) is 50.2 Å². The van der Waals surface area contributed by atoms with Crippen molar-refractivity contribution in [3.63, 3.8) is 0 Å². The van der Waals surface area contributed by atoms with Gasteiger partial charge < -0.3 is 5.32 Å². The third-order valence-electron chi connectivity index (χ3n) is 3.99. The highest BCUT2D eigenvalue weighted by Crippen LogP contribution is 2.42. The Bertz CT molecular complexity index is 843. The minimum Gasteiger partial charge on any atom is -0.306 e. The Morgan fingerprint density at radius 2 is 1.81 bits per heavy atom. The van der Waals surface area contributed by atoms with Gasteiger partial charge in [0.25, 0.3) is 0 Å². The van der Waals surface area contributed by atoms with E-state index in [4.69, 9.17) is 12.2 Å². The summed E-state index contributed by atoms with van der Waals surface area (Å²) in [5.74, 6) is 0. The van der Waals surface area contributed by atoms with Crippen LogP contribution in [0.15, 0.2) is 65.8 Å². The molecular formula is C19H20N4O2S2. The highest BCUT2D eigenvalue weighted by molar-refractivity contribution is 8.24. The van der Waals surface area contributed by atoms with Crippen LogP contribution in [0.1, 0.15) is 19.4 Å². The summed E-state index contributed by atoms with van der Waals surface area (Å²) in [5, 5.41) is 19.9. The van der Waals surface area contributed by atoms with E-state index < -0.39 is 16.9 Å². The van der Waals surface area contributed by atoms with Gasteiger partial charge in [0, 0.05) is 5.69 Å². The molecule has 1 heterocycles. The van der Waals surface area contributed by atoms with Crippen LogP contribution in [0.3, 0.4) is 0 Å². The summed E-state index contributed by atoms with van der Waals surface area (Å²) in [6, 6.07) is 17.9. The summed E-state index contributed by atoms with van der Waals surface area (Å²) < 4.78 is -0.0582. The molecule has 2 aromatic carbocycles. The van der Waals surface area contributed by atoms with Gasteiger partial charge in [-0.1, -0.05) is 72.5 Å². The van der Waals surface area contributed by atoms with Crippen molar-refractivity contribution in [1.82, 2.24) is 10.1 Å². The summed E-state index contributed by atoms with van der Waals surface area (Å²) in [6.07, 6.45) is 0.906. The largest absolute Gasteiger partial charge is 0.347 e. The zero-order valence-electron chi connectivity index (χ0n) is 14.9. The fourth-order valence-corrected chi connectivity index (χ4v) is 4.50. The molecule has 0 saturated carbocycles. The number of para-hydroxylation sites is 1. The van der Waals surface area contributed by atoms with E-state index in [0.717, 1.165) is 5.56 Å². The van der Waals surface area contributed by atoms with Gasteiger partial charge in [-0.3, -0.25) is 5.21 Å². The number of hydrogen-bond donors (Lipinski definition) is 2. The lowest BCUT2D eigenvalue weighted by molar-refractivity contribution is -0.114.